The highest BCUT2D eigenvalue weighted by atomic mass is 79.9. The SMILES string of the molecule is S=C(NCCCSCc1ccccc1Cl)Nc1ccc(Br)cc1. The Kier molecular flexibility index (Phi) is 8.23. The van der Waals surface area contributed by atoms with Crippen LogP contribution in [0, 0.1) is 0 Å². The molecular weight excluding hydrogens is 412 g/mol. The van der Waals surface area contributed by atoms with Crippen molar-refractivity contribution in [2.24, 2.45) is 0 Å². The molecule has 0 radical (unpaired) electrons. The minimum Gasteiger partial charge on any atom is -0.362 e. The van der Waals surface area contributed by atoms with Crippen LogP contribution in [0.1, 0.15) is 12.0 Å². The number of rotatable bonds is 7. The summed E-state index contributed by atoms with van der Waals surface area (Å²) < 4.78 is 1.05. The summed E-state index contributed by atoms with van der Waals surface area (Å²) in [6.45, 7) is 0.859. The first-order chi connectivity index (χ1) is 11.1. The summed E-state index contributed by atoms with van der Waals surface area (Å²) in [6, 6.07) is 15.9. The van der Waals surface area contributed by atoms with Crippen LogP contribution in [0.15, 0.2) is 53.0 Å². The average Bonchev–Trinajstić information content (AvgIpc) is 2.54. The Labute approximate surface area is 160 Å². The van der Waals surface area contributed by atoms with Gasteiger partial charge in [0.2, 0.25) is 0 Å². The van der Waals surface area contributed by atoms with Crippen molar-refractivity contribution in [3.8, 4) is 0 Å². The Morgan fingerprint density at radius 3 is 2.61 bits per heavy atom. The first-order valence-corrected chi connectivity index (χ1v) is 10.00. The van der Waals surface area contributed by atoms with Crippen LogP contribution in [0.25, 0.3) is 0 Å². The Morgan fingerprint density at radius 1 is 1.13 bits per heavy atom. The summed E-state index contributed by atoms with van der Waals surface area (Å²) in [5.41, 5.74) is 2.18. The number of thioether (sulfide) groups is 1. The Bertz CT molecular complexity index is 635. The highest BCUT2D eigenvalue weighted by Gasteiger charge is 2.00. The normalized spacial score (nSPS) is 10.3. The minimum atomic E-state index is 0.656. The number of hydrogen-bond donors (Lipinski definition) is 2. The number of thiocarbonyl (C=S) groups is 1. The fourth-order valence-electron chi connectivity index (χ4n) is 1.88. The summed E-state index contributed by atoms with van der Waals surface area (Å²) in [6.07, 6.45) is 1.05. The molecule has 0 aliphatic carbocycles. The third kappa shape index (κ3) is 7.12. The Hall–Kier alpha value is -0.750. The van der Waals surface area contributed by atoms with Gasteiger partial charge in [-0.05, 0) is 60.3 Å². The van der Waals surface area contributed by atoms with Crippen molar-refractivity contribution in [2.75, 3.05) is 17.6 Å². The maximum absolute atomic E-state index is 6.14. The van der Waals surface area contributed by atoms with Gasteiger partial charge in [0.15, 0.2) is 5.11 Å². The second-order valence-electron chi connectivity index (χ2n) is 4.89. The number of benzene rings is 2. The fourth-order valence-corrected chi connectivity index (χ4v) is 3.61. The summed E-state index contributed by atoms with van der Waals surface area (Å²) >= 11 is 16.7. The van der Waals surface area contributed by atoms with Gasteiger partial charge in [0, 0.05) is 27.5 Å². The summed E-state index contributed by atoms with van der Waals surface area (Å²) in [5.74, 6) is 2.01. The van der Waals surface area contributed by atoms with Crippen LogP contribution in [0.5, 0.6) is 0 Å². The van der Waals surface area contributed by atoms with Gasteiger partial charge in [-0.1, -0.05) is 45.7 Å². The lowest BCUT2D eigenvalue weighted by atomic mass is 10.2. The lowest BCUT2D eigenvalue weighted by Gasteiger charge is -2.10. The zero-order valence-corrected chi connectivity index (χ0v) is 16.5. The standard InChI is InChI=1S/C17H18BrClN2S2/c18-14-6-8-15(9-7-14)21-17(22)20-10-3-11-23-12-13-4-1-2-5-16(13)19/h1-2,4-9H,3,10-12H2,(H2,20,21,22). The summed E-state index contributed by atoms with van der Waals surface area (Å²) in [7, 11) is 0. The van der Waals surface area contributed by atoms with Crippen LogP contribution in [0.2, 0.25) is 5.02 Å². The van der Waals surface area contributed by atoms with Crippen LogP contribution < -0.4 is 10.6 Å². The zero-order chi connectivity index (χ0) is 16.5. The Balaban J connectivity index is 1.57. The van der Waals surface area contributed by atoms with Gasteiger partial charge in [0.25, 0.3) is 0 Å². The molecule has 23 heavy (non-hydrogen) atoms. The molecule has 0 fully saturated rings. The van der Waals surface area contributed by atoms with E-state index >= 15 is 0 Å². The van der Waals surface area contributed by atoms with E-state index in [9.17, 15) is 0 Å². The molecule has 0 unspecified atom stereocenters. The van der Waals surface area contributed by atoms with Gasteiger partial charge in [0.1, 0.15) is 0 Å². The van der Waals surface area contributed by atoms with Crippen molar-refractivity contribution in [1.29, 1.82) is 0 Å². The van der Waals surface area contributed by atoms with E-state index in [1.807, 2.05) is 54.2 Å². The van der Waals surface area contributed by atoms with Crippen LogP contribution in [-0.4, -0.2) is 17.4 Å². The minimum absolute atomic E-state index is 0.656. The predicted octanol–water partition coefficient (Wildman–Crippen LogP) is 5.71. The molecule has 6 heteroatoms. The van der Waals surface area contributed by atoms with Gasteiger partial charge < -0.3 is 10.6 Å². The van der Waals surface area contributed by atoms with Gasteiger partial charge in [0.05, 0.1) is 0 Å². The topological polar surface area (TPSA) is 24.1 Å². The number of nitrogens with one attached hydrogen (secondary N) is 2. The molecule has 0 aromatic heterocycles. The molecule has 0 spiro atoms. The van der Waals surface area contributed by atoms with Crippen LogP contribution >= 0.6 is 51.5 Å². The molecule has 122 valence electrons. The third-order valence-electron chi connectivity index (χ3n) is 3.07. The quantitative estimate of drug-likeness (QED) is 0.434. The third-order valence-corrected chi connectivity index (χ3v) is 5.30. The number of hydrogen-bond acceptors (Lipinski definition) is 2. The van der Waals surface area contributed by atoms with E-state index in [0.29, 0.717) is 5.11 Å². The number of anilines is 1. The molecule has 0 aliphatic rings. The molecule has 0 atom stereocenters. The van der Waals surface area contributed by atoms with Gasteiger partial charge >= 0.3 is 0 Å². The molecule has 0 saturated heterocycles. The van der Waals surface area contributed by atoms with E-state index in [1.165, 1.54) is 5.56 Å². The molecule has 0 heterocycles. The molecule has 0 amide bonds. The largest absolute Gasteiger partial charge is 0.362 e. The maximum Gasteiger partial charge on any atom is 0.170 e. The van der Waals surface area contributed by atoms with Crippen molar-refractivity contribution >= 4 is 62.3 Å². The molecule has 2 aromatic carbocycles. The monoisotopic (exact) mass is 428 g/mol. The molecule has 2 N–H and O–H groups in total. The lowest BCUT2D eigenvalue weighted by molar-refractivity contribution is 0.854. The zero-order valence-electron chi connectivity index (χ0n) is 12.5. The fraction of sp³-hybridized carbons (Fsp3) is 0.235. The van der Waals surface area contributed by atoms with Crippen LogP contribution in [0.4, 0.5) is 5.69 Å². The molecule has 2 aromatic rings. The smallest absolute Gasteiger partial charge is 0.170 e. The van der Waals surface area contributed by atoms with E-state index in [-0.39, 0.29) is 0 Å². The second-order valence-corrected chi connectivity index (χ2v) is 7.72. The molecule has 2 nitrogen and oxygen atoms in total. The molecule has 2 rings (SSSR count). The van der Waals surface area contributed by atoms with Crippen LogP contribution in [-0.2, 0) is 5.75 Å². The van der Waals surface area contributed by atoms with E-state index in [1.54, 1.807) is 0 Å². The lowest BCUT2D eigenvalue weighted by Crippen LogP contribution is -2.29. The molecular formula is C17H18BrClN2S2. The van der Waals surface area contributed by atoms with Gasteiger partial charge in [-0.25, -0.2) is 0 Å². The predicted molar refractivity (Wildman–Crippen MR) is 111 cm³/mol. The molecule has 0 bridgehead atoms. The highest BCUT2D eigenvalue weighted by Crippen LogP contribution is 2.20. The summed E-state index contributed by atoms with van der Waals surface area (Å²) in [4.78, 5) is 0. The molecule has 0 saturated carbocycles. The van der Waals surface area contributed by atoms with Crippen molar-refractivity contribution in [1.82, 2.24) is 5.32 Å². The Morgan fingerprint density at radius 2 is 1.87 bits per heavy atom. The molecule has 0 aliphatic heterocycles. The van der Waals surface area contributed by atoms with Gasteiger partial charge in [-0.2, -0.15) is 11.8 Å². The summed E-state index contributed by atoms with van der Waals surface area (Å²) in [5, 5.41) is 7.89. The van der Waals surface area contributed by atoms with E-state index in [2.05, 4.69) is 32.6 Å². The van der Waals surface area contributed by atoms with E-state index < -0.39 is 0 Å². The van der Waals surface area contributed by atoms with Crippen molar-refractivity contribution < 1.29 is 0 Å². The van der Waals surface area contributed by atoms with Crippen molar-refractivity contribution in [2.45, 2.75) is 12.2 Å². The van der Waals surface area contributed by atoms with E-state index in [4.69, 9.17) is 23.8 Å². The van der Waals surface area contributed by atoms with Gasteiger partial charge in [-0.3, -0.25) is 0 Å². The van der Waals surface area contributed by atoms with Gasteiger partial charge in [-0.15, -0.1) is 0 Å². The second kappa shape index (κ2) is 10.2. The highest BCUT2D eigenvalue weighted by molar-refractivity contribution is 9.10. The van der Waals surface area contributed by atoms with Crippen molar-refractivity contribution in [3.63, 3.8) is 0 Å². The van der Waals surface area contributed by atoms with E-state index in [0.717, 1.165) is 39.7 Å². The first-order valence-electron chi connectivity index (χ1n) is 7.27. The van der Waals surface area contributed by atoms with Crippen molar-refractivity contribution in [3.05, 3.63) is 63.6 Å². The van der Waals surface area contributed by atoms with Crippen LogP contribution in [0.3, 0.4) is 0 Å². The average molecular weight is 430 g/mol. The maximum atomic E-state index is 6.14. The first kappa shape index (κ1) is 18.6. The number of halogens is 2.